The van der Waals surface area contributed by atoms with Gasteiger partial charge in [0, 0.05) is 22.0 Å². The largest absolute Gasteiger partial charge is 0.494 e. The number of aryl methyl sites for hydroxylation is 1. The molecule has 5 nitrogen and oxygen atoms in total. The number of fused-ring (bicyclic) bond motifs is 1. The third-order valence-corrected chi connectivity index (χ3v) is 5.52. The summed E-state index contributed by atoms with van der Waals surface area (Å²) >= 11 is 1.51. The number of ether oxygens (including phenoxy) is 1. The van der Waals surface area contributed by atoms with Crippen LogP contribution < -0.4 is 20.8 Å². The first-order chi connectivity index (χ1) is 12.5. The maximum Gasteiger partial charge on any atom is 0.227 e. The molecule has 0 saturated heterocycles. The average Bonchev–Trinajstić information content (AvgIpc) is 3.08. The Kier molecular flexibility index (Phi) is 5.61. The summed E-state index contributed by atoms with van der Waals surface area (Å²) in [7, 11) is 0. The van der Waals surface area contributed by atoms with Gasteiger partial charge >= 0.3 is 0 Å². The molecule has 1 heterocycles. The van der Waals surface area contributed by atoms with E-state index < -0.39 is 0 Å². The zero-order valence-electron chi connectivity index (χ0n) is 15.3. The normalized spacial score (nSPS) is 12.8. The van der Waals surface area contributed by atoms with Gasteiger partial charge in [-0.1, -0.05) is 13.8 Å². The summed E-state index contributed by atoms with van der Waals surface area (Å²) in [5.74, 6) is 0.544. The topological polar surface area (TPSA) is 67.4 Å². The highest BCUT2D eigenvalue weighted by atomic mass is 32.1. The summed E-state index contributed by atoms with van der Waals surface area (Å²) in [5.41, 5.74) is 2.11. The van der Waals surface area contributed by atoms with Gasteiger partial charge in [-0.05, 0) is 50.5 Å². The van der Waals surface area contributed by atoms with Crippen molar-refractivity contribution in [2.45, 2.75) is 40.0 Å². The highest BCUT2D eigenvalue weighted by Gasteiger charge is 2.23. The van der Waals surface area contributed by atoms with Crippen LogP contribution in [0.1, 0.15) is 37.6 Å². The Morgan fingerprint density at radius 3 is 2.62 bits per heavy atom. The molecule has 0 saturated carbocycles. The summed E-state index contributed by atoms with van der Waals surface area (Å²) in [4.78, 5) is 26.3. The SMILES string of the molecule is CCOc1ccc(Nc2c(NC(=O)C(C)C)sc3c(c2=O)CCC3)cc1. The van der Waals surface area contributed by atoms with Crippen LogP contribution in [0.25, 0.3) is 0 Å². The predicted molar refractivity (Wildman–Crippen MR) is 107 cm³/mol. The lowest BCUT2D eigenvalue weighted by atomic mass is 10.2. The second-order valence-corrected chi connectivity index (χ2v) is 7.72. The van der Waals surface area contributed by atoms with Crippen molar-refractivity contribution in [3.63, 3.8) is 0 Å². The standard InChI is InChI=1S/C20H24N2O3S/c1-4-25-14-10-8-13(9-11-14)21-17-18(23)15-6-5-7-16(15)26-20(17)22-19(24)12(2)3/h8-12,21H,4-7H2,1-3H3,(H,22,24). The van der Waals surface area contributed by atoms with Crippen molar-refractivity contribution in [2.24, 2.45) is 5.92 Å². The van der Waals surface area contributed by atoms with Crippen molar-refractivity contribution in [1.29, 1.82) is 0 Å². The molecule has 0 unspecified atom stereocenters. The average molecular weight is 372 g/mol. The first-order valence-corrected chi connectivity index (χ1v) is 9.80. The molecule has 1 aromatic heterocycles. The molecule has 0 aliphatic heterocycles. The van der Waals surface area contributed by atoms with Gasteiger partial charge in [0.05, 0.1) is 6.61 Å². The highest BCUT2D eigenvalue weighted by Crippen LogP contribution is 2.35. The molecule has 26 heavy (non-hydrogen) atoms. The van der Waals surface area contributed by atoms with Gasteiger partial charge in [-0.2, -0.15) is 0 Å². The number of rotatable bonds is 6. The van der Waals surface area contributed by atoms with Crippen LogP contribution in [0.2, 0.25) is 0 Å². The molecule has 3 rings (SSSR count). The van der Waals surface area contributed by atoms with E-state index in [-0.39, 0.29) is 17.3 Å². The third kappa shape index (κ3) is 3.90. The highest BCUT2D eigenvalue weighted by molar-refractivity contribution is 7.16. The molecule has 138 valence electrons. The van der Waals surface area contributed by atoms with Crippen molar-refractivity contribution in [3.8, 4) is 5.75 Å². The second-order valence-electron chi connectivity index (χ2n) is 6.62. The number of hydrogen-bond acceptors (Lipinski definition) is 5. The van der Waals surface area contributed by atoms with Crippen LogP contribution in [0.15, 0.2) is 29.1 Å². The Hall–Kier alpha value is -2.34. The summed E-state index contributed by atoms with van der Waals surface area (Å²) < 4.78 is 5.45. The molecule has 1 aromatic carbocycles. The summed E-state index contributed by atoms with van der Waals surface area (Å²) in [5, 5.41) is 6.74. The minimum atomic E-state index is -0.149. The zero-order chi connectivity index (χ0) is 18.7. The quantitative estimate of drug-likeness (QED) is 0.792. The molecule has 0 radical (unpaired) electrons. The molecule has 2 aromatic rings. The van der Waals surface area contributed by atoms with Gasteiger partial charge < -0.3 is 15.4 Å². The summed E-state index contributed by atoms with van der Waals surface area (Å²) in [6.07, 6.45) is 2.70. The molecule has 1 amide bonds. The van der Waals surface area contributed by atoms with E-state index in [0.29, 0.717) is 17.3 Å². The van der Waals surface area contributed by atoms with Crippen molar-refractivity contribution in [1.82, 2.24) is 0 Å². The Labute approximate surface area is 157 Å². The van der Waals surface area contributed by atoms with Gasteiger partial charge in [-0.25, -0.2) is 0 Å². The van der Waals surface area contributed by atoms with Crippen LogP contribution in [0.4, 0.5) is 16.4 Å². The van der Waals surface area contributed by atoms with E-state index in [1.807, 2.05) is 45.0 Å². The van der Waals surface area contributed by atoms with E-state index in [1.165, 1.54) is 11.3 Å². The molecule has 0 atom stereocenters. The fourth-order valence-electron chi connectivity index (χ4n) is 2.90. The van der Waals surface area contributed by atoms with Crippen molar-refractivity contribution in [3.05, 3.63) is 44.9 Å². The summed E-state index contributed by atoms with van der Waals surface area (Å²) in [6, 6.07) is 7.46. The molecule has 6 heteroatoms. The van der Waals surface area contributed by atoms with Crippen LogP contribution in [-0.4, -0.2) is 12.5 Å². The van der Waals surface area contributed by atoms with E-state index in [0.717, 1.165) is 41.1 Å². The van der Waals surface area contributed by atoms with E-state index in [2.05, 4.69) is 10.6 Å². The number of anilines is 3. The molecular weight excluding hydrogens is 348 g/mol. The first kappa shape index (κ1) is 18.5. The van der Waals surface area contributed by atoms with E-state index in [4.69, 9.17) is 4.74 Å². The minimum Gasteiger partial charge on any atom is -0.494 e. The Morgan fingerprint density at radius 2 is 1.96 bits per heavy atom. The summed E-state index contributed by atoms with van der Waals surface area (Å²) in [6.45, 7) is 6.22. The number of amides is 1. The van der Waals surface area contributed by atoms with Gasteiger partial charge in [-0.15, -0.1) is 11.3 Å². The van der Waals surface area contributed by atoms with E-state index >= 15 is 0 Å². The fraction of sp³-hybridized carbons (Fsp3) is 0.400. The van der Waals surface area contributed by atoms with Crippen molar-refractivity contribution in [2.75, 3.05) is 17.2 Å². The van der Waals surface area contributed by atoms with Gasteiger partial charge in [0.1, 0.15) is 16.4 Å². The number of benzene rings is 1. The van der Waals surface area contributed by atoms with E-state index in [9.17, 15) is 9.59 Å². The van der Waals surface area contributed by atoms with Gasteiger partial charge in [0.2, 0.25) is 11.3 Å². The maximum atomic E-state index is 13.0. The first-order valence-electron chi connectivity index (χ1n) is 8.99. The van der Waals surface area contributed by atoms with Crippen LogP contribution in [0.3, 0.4) is 0 Å². The lowest BCUT2D eigenvalue weighted by Gasteiger charge is -2.15. The Balaban J connectivity index is 1.96. The van der Waals surface area contributed by atoms with Crippen molar-refractivity contribution < 1.29 is 9.53 Å². The lowest BCUT2D eigenvalue weighted by Crippen LogP contribution is -2.21. The van der Waals surface area contributed by atoms with Crippen LogP contribution in [-0.2, 0) is 17.6 Å². The molecule has 0 bridgehead atoms. The predicted octanol–water partition coefficient (Wildman–Crippen LogP) is 4.33. The van der Waals surface area contributed by atoms with E-state index in [1.54, 1.807) is 0 Å². The molecule has 0 fully saturated rings. The Bertz CT molecular complexity index is 857. The smallest absolute Gasteiger partial charge is 0.227 e. The molecule has 1 aliphatic carbocycles. The van der Waals surface area contributed by atoms with Crippen LogP contribution in [0.5, 0.6) is 5.75 Å². The number of hydrogen-bond donors (Lipinski definition) is 2. The van der Waals surface area contributed by atoms with Gasteiger partial charge in [0.25, 0.3) is 0 Å². The van der Waals surface area contributed by atoms with Crippen LogP contribution in [0, 0.1) is 5.92 Å². The zero-order valence-corrected chi connectivity index (χ0v) is 16.2. The fourth-order valence-corrected chi connectivity index (χ4v) is 4.11. The maximum absolute atomic E-state index is 13.0. The van der Waals surface area contributed by atoms with Gasteiger partial charge in [-0.3, -0.25) is 9.59 Å². The monoisotopic (exact) mass is 372 g/mol. The molecule has 2 N–H and O–H groups in total. The molecule has 0 spiro atoms. The molecule has 1 aliphatic rings. The van der Waals surface area contributed by atoms with Crippen molar-refractivity contribution >= 4 is 33.6 Å². The third-order valence-electron chi connectivity index (χ3n) is 4.32. The lowest BCUT2D eigenvalue weighted by molar-refractivity contribution is -0.118. The minimum absolute atomic E-state index is 0.0100. The molecular formula is C20H24N2O3S. The van der Waals surface area contributed by atoms with Crippen LogP contribution >= 0.6 is 11.3 Å². The second kappa shape index (κ2) is 7.91. The number of nitrogens with one attached hydrogen (secondary N) is 2. The number of carbonyl (C=O) groups is 1. The Morgan fingerprint density at radius 1 is 1.23 bits per heavy atom. The number of carbonyl (C=O) groups excluding carboxylic acids is 1. The van der Waals surface area contributed by atoms with Gasteiger partial charge in [0.15, 0.2) is 0 Å².